The first-order chi connectivity index (χ1) is 11.5. The fraction of sp³-hybridized carbons (Fsp3) is 0.211. The van der Waals surface area contributed by atoms with Crippen molar-refractivity contribution >= 4 is 17.8 Å². The molecule has 2 atom stereocenters. The Morgan fingerprint density at radius 2 is 1.67 bits per heavy atom. The van der Waals surface area contributed by atoms with Gasteiger partial charge in [-0.05, 0) is 24.6 Å². The van der Waals surface area contributed by atoms with Gasteiger partial charge in [-0.3, -0.25) is 9.59 Å². The van der Waals surface area contributed by atoms with Crippen LogP contribution in [-0.4, -0.2) is 23.4 Å². The zero-order chi connectivity index (χ0) is 17.2. The lowest BCUT2D eigenvalue weighted by Crippen LogP contribution is -2.42. The number of esters is 1. The van der Waals surface area contributed by atoms with Crippen LogP contribution in [0.4, 0.5) is 0 Å². The third kappa shape index (κ3) is 2.93. The van der Waals surface area contributed by atoms with E-state index in [9.17, 15) is 9.59 Å². The Morgan fingerprint density at radius 1 is 1.08 bits per heavy atom. The molecule has 0 aromatic heterocycles. The van der Waals surface area contributed by atoms with Crippen LogP contribution in [0.3, 0.4) is 0 Å². The second kappa shape index (κ2) is 6.28. The van der Waals surface area contributed by atoms with E-state index in [4.69, 9.17) is 9.47 Å². The maximum absolute atomic E-state index is 12.6. The van der Waals surface area contributed by atoms with Crippen molar-refractivity contribution in [2.75, 3.05) is 0 Å². The van der Waals surface area contributed by atoms with Crippen LogP contribution in [-0.2, 0) is 19.1 Å². The predicted molar refractivity (Wildman–Crippen MR) is 88.4 cm³/mol. The minimum absolute atomic E-state index is 0.233. The van der Waals surface area contributed by atoms with Gasteiger partial charge in [0.15, 0.2) is 6.10 Å². The van der Waals surface area contributed by atoms with Crippen molar-refractivity contribution in [3.8, 4) is 0 Å². The summed E-state index contributed by atoms with van der Waals surface area (Å²) in [6.07, 6.45) is -0.881. The van der Waals surface area contributed by atoms with Crippen molar-refractivity contribution in [2.45, 2.75) is 25.6 Å². The first-order valence-corrected chi connectivity index (χ1v) is 7.60. The summed E-state index contributed by atoms with van der Waals surface area (Å²) in [5.41, 5.74) is -0.0321. The summed E-state index contributed by atoms with van der Waals surface area (Å²) in [5.74, 6) is -0.734. The van der Waals surface area contributed by atoms with E-state index in [0.29, 0.717) is 11.1 Å². The zero-order valence-corrected chi connectivity index (χ0v) is 13.4. The van der Waals surface area contributed by atoms with E-state index in [2.05, 4.69) is 4.99 Å². The van der Waals surface area contributed by atoms with Crippen molar-refractivity contribution in [1.29, 1.82) is 0 Å². The number of hydrogen-bond acceptors (Lipinski definition) is 4. The van der Waals surface area contributed by atoms with Crippen molar-refractivity contribution in [1.82, 2.24) is 0 Å². The van der Waals surface area contributed by atoms with Crippen LogP contribution >= 0.6 is 0 Å². The van der Waals surface area contributed by atoms with Gasteiger partial charge in [0.05, 0.1) is 0 Å². The van der Waals surface area contributed by atoms with E-state index in [-0.39, 0.29) is 5.90 Å². The zero-order valence-electron chi connectivity index (χ0n) is 13.4. The van der Waals surface area contributed by atoms with Gasteiger partial charge in [0.2, 0.25) is 11.5 Å². The summed E-state index contributed by atoms with van der Waals surface area (Å²) >= 11 is 0. The Hall–Kier alpha value is -2.95. The topological polar surface area (TPSA) is 65.0 Å². The molecule has 0 bridgehead atoms. The average molecular weight is 323 g/mol. The number of benzene rings is 2. The molecule has 2 aromatic rings. The number of carbonyl (C=O) groups is 2. The molecule has 0 radical (unpaired) electrons. The molecule has 0 fully saturated rings. The minimum Gasteiger partial charge on any atom is -0.456 e. The van der Waals surface area contributed by atoms with Crippen LogP contribution in [0.25, 0.3) is 0 Å². The average Bonchev–Trinajstić information content (AvgIpc) is 2.90. The highest BCUT2D eigenvalue weighted by Gasteiger charge is 2.51. The van der Waals surface area contributed by atoms with Crippen LogP contribution in [0.1, 0.15) is 31.1 Å². The number of rotatable bonds is 4. The summed E-state index contributed by atoms with van der Waals surface area (Å²) < 4.78 is 11.3. The molecule has 1 amide bonds. The largest absolute Gasteiger partial charge is 0.456 e. The van der Waals surface area contributed by atoms with E-state index in [1.807, 2.05) is 36.4 Å². The van der Waals surface area contributed by atoms with Crippen LogP contribution in [0.15, 0.2) is 65.7 Å². The van der Waals surface area contributed by atoms with Gasteiger partial charge in [-0.25, -0.2) is 0 Å². The maximum Gasteiger partial charge on any atom is 0.303 e. The summed E-state index contributed by atoms with van der Waals surface area (Å²) in [6.45, 7) is 2.90. The molecule has 0 N–H and O–H groups in total. The number of amides is 1. The van der Waals surface area contributed by atoms with Crippen LogP contribution < -0.4 is 0 Å². The predicted octanol–water partition coefficient (Wildman–Crippen LogP) is 3.05. The standard InChI is InChI=1S/C19H17NO4/c1-13(21)23-16(14-9-5-3-6-10-14)19(2)18(22)20-17(24-19)15-11-7-4-8-12-15/h3-12,16H,1-2H3/t16-,19+/m0/s1. The summed E-state index contributed by atoms with van der Waals surface area (Å²) in [4.78, 5) is 28.2. The molecule has 0 spiro atoms. The van der Waals surface area contributed by atoms with Crippen molar-refractivity contribution < 1.29 is 19.1 Å². The second-order valence-corrected chi connectivity index (χ2v) is 5.70. The summed E-state index contributed by atoms with van der Waals surface area (Å²) in [6, 6.07) is 18.2. The molecular formula is C19H17NO4. The maximum atomic E-state index is 12.6. The third-order valence-corrected chi connectivity index (χ3v) is 3.84. The Labute approximate surface area is 139 Å². The SMILES string of the molecule is CC(=O)O[C@@H](c1ccccc1)[C@@]1(C)OC(c2ccccc2)=NC1=O. The van der Waals surface area contributed by atoms with Gasteiger partial charge in [0.25, 0.3) is 5.91 Å². The molecule has 0 saturated heterocycles. The van der Waals surface area contributed by atoms with Crippen LogP contribution in [0.5, 0.6) is 0 Å². The highest BCUT2D eigenvalue weighted by molar-refractivity contribution is 6.09. The van der Waals surface area contributed by atoms with E-state index in [1.165, 1.54) is 6.92 Å². The van der Waals surface area contributed by atoms with Crippen LogP contribution in [0.2, 0.25) is 0 Å². The lowest BCUT2D eigenvalue weighted by Gasteiger charge is -2.31. The lowest BCUT2D eigenvalue weighted by molar-refractivity contribution is -0.163. The van der Waals surface area contributed by atoms with Gasteiger partial charge in [-0.15, -0.1) is 0 Å². The Balaban J connectivity index is 1.96. The van der Waals surface area contributed by atoms with Crippen LogP contribution in [0, 0.1) is 0 Å². The molecule has 5 nitrogen and oxygen atoms in total. The highest BCUT2D eigenvalue weighted by Crippen LogP contribution is 2.38. The molecular weight excluding hydrogens is 306 g/mol. The first kappa shape index (κ1) is 15.9. The Morgan fingerprint density at radius 3 is 2.25 bits per heavy atom. The van der Waals surface area contributed by atoms with E-state index >= 15 is 0 Å². The lowest BCUT2D eigenvalue weighted by atomic mass is 9.92. The smallest absolute Gasteiger partial charge is 0.303 e. The third-order valence-electron chi connectivity index (χ3n) is 3.84. The Kier molecular flexibility index (Phi) is 4.16. The molecule has 5 heteroatoms. The quantitative estimate of drug-likeness (QED) is 0.811. The number of nitrogens with zero attached hydrogens (tertiary/aromatic N) is 1. The molecule has 2 aromatic carbocycles. The fourth-order valence-corrected chi connectivity index (χ4v) is 2.63. The molecule has 0 saturated carbocycles. The number of carbonyl (C=O) groups excluding carboxylic acids is 2. The first-order valence-electron chi connectivity index (χ1n) is 7.60. The van der Waals surface area contributed by atoms with Gasteiger partial charge in [0, 0.05) is 12.5 Å². The number of ether oxygens (including phenoxy) is 2. The second-order valence-electron chi connectivity index (χ2n) is 5.70. The molecule has 1 heterocycles. The van der Waals surface area contributed by atoms with Gasteiger partial charge in [-0.1, -0.05) is 48.5 Å². The molecule has 1 aliphatic heterocycles. The van der Waals surface area contributed by atoms with Gasteiger partial charge < -0.3 is 9.47 Å². The normalized spacial score (nSPS) is 20.9. The number of hydrogen-bond donors (Lipinski definition) is 0. The van der Waals surface area contributed by atoms with Gasteiger partial charge in [0.1, 0.15) is 0 Å². The summed E-state index contributed by atoms with van der Waals surface area (Å²) in [7, 11) is 0. The van der Waals surface area contributed by atoms with E-state index in [0.717, 1.165) is 0 Å². The van der Waals surface area contributed by atoms with E-state index < -0.39 is 23.6 Å². The molecule has 0 unspecified atom stereocenters. The van der Waals surface area contributed by atoms with Crippen molar-refractivity contribution in [3.63, 3.8) is 0 Å². The van der Waals surface area contributed by atoms with Gasteiger partial charge >= 0.3 is 5.97 Å². The molecule has 122 valence electrons. The molecule has 3 rings (SSSR count). The van der Waals surface area contributed by atoms with Crippen molar-refractivity contribution in [2.24, 2.45) is 4.99 Å². The monoisotopic (exact) mass is 323 g/mol. The van der Waals surface area contributed by atoms with Crippen molar-refractivity contribution in [3.05, 3.63) is 71.8 Å². The number of aliphatic imine (C=N–C) groups is 1. The van der Waals surface area contributed by atoms with E-state index in [1.54, 1.807) is 31.2 Å². The highest BCUT2D eigenvalue weighted by atomic mass is 16.6. The fourth-order valence-electron chi connectivity index (χ4n) is 2.63. The Bertz CT molecular complexity index is 786. The van der Waals surface area contributed by atoms with Gasteiger partial charge in [-0.2, -0.15) is 4.99 Å². The minimum atomic E-state index is -1.40. The molecule has 1 aliphatic rings. The molecule has 0 aliphatic carbocycles. The summed E-state index contributed by atoms with van der Waals surface area (Å²) in [5, 5.41) is 0. The molecule has 24 heavy (non-hydrogen) atoms.